The molecule has 1 aromatic carbocycles. The number of halogens is 2. The van der Waals surface area contributed by atoms with Crippen molar-refractivity contribution in [2.75, 3.05) is 10.5 Å². The van der Waals surface area contributed by atoms with Gasteiger partial charge in [0, 0.05) is 17.8 Å². The zero-order chi connectivity index (χ0) is 22.5. The van der Waals surface area contributed by atoms with E-state index in [0.29, 0.717) is 26.6 Å². The van der Waals surface area contributed by atoms with Crippen LogP contribution in [-0.2, 0) is 10.0 Å². The first kappa shape index (κ1) is 21.4. The van der Waals surface area contributed by atoms with Gasteiger partial charge >= 0.3 is 0 Å². The summed E-state index contributed by atoms with van der Waals surface area (Å²) in [4.78, 5) is 8.56. The summed E-state index contributed by atoms with van der Waals surface area (Å²) in [6.45, 7) is 0. The van der Waals surface area contributed by atoms with E-state index >= 15 is 0 Å². The molecule has 4 aromatic rings. The lowest BCUT2D eigenvalue weighted by Crippen LogP contribution is -2.12. The Balaban J connectivity index is 1.54. The molecule has 1 fully saturated rings. The van der Waals surface area contributed by atoms with Crippen molar-refractivity contribution >= 4 is 59.8 Å². The Morgan fingerprint density at radius 1 is 1.19 bits per heavy atom. The summed E-state index contributed by atoms with van der Waals surface area (Å²) in [5.41, 5.74) is 8.08. The van der Waals surface area contributed by atoms with Crippen molar-refractivity contribution in [3.05, 3.63) is 52.5 Å². The molecule has 0 atom stereocenters. The Labute approximate surface area is 196 Å². The molecular weight excluding hydrogens is 517 g/mol. The smallest absolute Gasteiger partial charge is 0.271 e. The van der Waals surface area contributed by atoms with Crippen LogP contribution in [0.25, 0.3) is 22.2 Å². The second-order valence-electron chi connectivity index (χ2n) is 7.70. The van der Waals surface area contributed by atoms with Crippen LogP contribution >= 0.6 is 27.3 Å². The van der Waals surface area contributed by atoms with Crippen LogP contribution < -0.4 is 10.5 Å². The van der Waals surface area contributed by atoms with Crippen molar-refractivity contribution in [2.45, 2.75) is 35.9 Å². The summed E-state index contributed by atoms with van der Waals surface area (Å²) >= 11 is 4.29. The molecule has 166 valence electrons. The highest BCUT2D eigenvalue weighted by molar-refractivity contribution is 9.11. The molecular formula is C21H19BrFN5O2S2. The minimum atomic E-state index is -3.89. The third kappa shape index (κ3) is 3.78. The second-order valence-corrected chi connectivity index (χ2v) is 12.1. The van der Waals surface area contributed by atoms with Crippen molar-refractivity contribution in [2.24, 2.45) is 0 Å². The van der Waals surface area contributed by atoms with Crippen molar-refractivity contribution in [1.29, 1.82) is 0 Å². The summed E-state index contributed by atoms with van der Waals surface area (Å²) in [7, 11) is -3.89. The van der Waals surface area contributed by atoms with Crippen molar-refractivity contribution in [1.82, 2.24) is 14.5 Å². The van der Waals surface area contributed by atoms with E-state index < -0.39 is 15.8 Å². The predicted molar refractivity (Wildman–Crippen MR) is 128 cm³/mol. The zero-order valence-corrected chi connectivity index (χ0v) is 20.0. The van der Waals surface area contributed by atoms with Gasteiger partial charge in [-0.1, -0.05) is 18.9 Å². The fourth-order valence-electron chi connectivity index (χ4n) is 4.19. The molecule has 0 saturated heterocycles. The quantitative estimate of drug-likeness (QED) is 0.348. The highest BCUT2D eigenvalue weighted by Crippen LogP contribution is 2.39. The van der Waals surface area contributed by atoms with E-state index in [2.05, 4.69) is 35.2 Å². The van der Waals surface area contributed by atoms with Crippen LogP contribution in [0, 0.1) is 5.82 Å². The minimum absolute atomic E-state index is 0.0948. The number of hydrogen-bond donors (Lipinski definition) is 2. The number of sulfonamides is 1. The summed E-state index contributed by atoms with van der Waals surface area (Å²) < 4.78 is 45.3. The molecule has 0 aliphatic heterocycles. The average Bonchev–Trinajstić information content (AvgIpc) is 3.49. The van der Waals surface area contributed by atoms with Gasteiger partial charge in [0.25, 0.3) is 10.0 Å². The van der Waals surface area contributed by atoms with Crippen LogP contribution in [0.3, 0.4) is 0 Å². The molecule has 3 N–H and O–H groups in total. The minimum Gasteiger partial charge on any atom is -0.383 e. The van der Waals surface area contributed by atoms with Crippen molar-refractivity contribution in [3.63, 3.8) is 0 Å². The van der Waals surface area contributed by atoms with Crippen LogP contribution in [0.2, 0.25) is 0 Å². The SMILES string of the molecule is Nc1ncnc2c1c(-c1ccc(NS(=O)(=O)c3ccc(Br)s3)c(F)c1)cn2C1CCCC1. The van der Waals surface area contributed by atoms with E-state index in [1.807, 2.05) is 6.20 Å². The van der Waals surface area contributed by atoms with Crippen LogP contribution in [0.1, 0.15) is 31.7 Å². The third-order valence-electron chi connectivity index (χ3n) is 5.69. The fourth-order valence-corrected chi connectivity index (χ4v) is 7.27. The van der Waals surface area contributed by atoms with Gasteiger partial charge < -0.3 is 10.3 Å². The Bertz CT molecular complexity index is 1430. The maximum atomic E-state index is 15.0. The highest BCUT2D eigenvalue weighted by atomic mass is 79.9. The Hall–Kier alpha value is -2.50. The van der Waals surface area contributed by atoms with Crippen molar-refractivity contribution in [3.8, 4) is 11.1 Å². The Kier molecular flexibility index (Phi) is 5.42. The normalized spacial score (nSPS) is 14.9. The molecule has 5 rings (SSSR count). The molecule has 1 saturated carbocycles. The van der Waals surface area contributed by atoms with Gasteiger partial charge in [-0.15, -0.1) is 11.3 Å². The molecule has 3 heterocycles. The standard InChI is InChI=1S/C21H19BrFN5O2S2/c22-17-7-8-18(31-17)32(29,30)27-16-6-5-12(9-15(16)23)14-10-28(13-3-1-2-4-13)21-19(14)20(24)25-11-26-21/h5-11,13,27H,1-4H2,(H2,24,25,26). The molecule has 11 heteroatoms. The number of anilines is 2. The molecule has 0 spiro atoms. The van der Waals surface area contributed by atoms with Gasteiger partial charge in [-0.25, -0.2) is 22.8 Å². The van der Waals surface area contributed by atoms with Gasteiger partial charge in [-0.2, -0.15) is 0 Å². The number of nitrogens with zero attached hydrogens (tertiary/aromatic N) is 3. The number of nitrogen functional groups attached to an aromatic ring is 1. The van der Waals surface area contributed by atoms with Crippen LogP contribution in [0.15, 0.2) is 50.9 Å². The number of thiophene rings is 1. The first-order valence-electron chi connectivity index (χ1n) is 10.0. The summed E-state index contributed by atoms with van der Waals surface area (Å²) in [5.74, 6) is -0.353. The van der Waals surface area contributed by atoms with Crippen LogP contribution in [0.5, 0.6) is 0 Å². The Morgan fingerprint density at radius 3 is 2.66 bits per heavy atom. The molecule has 32 heavy (non-hydrogen) atoms. The number of aromatic nitrogens is 3. The molecule has 0 bridgehead atoms. The fraction of sp³-hybridized carbons (Fsp3) is 0.238. The lowest BCUT2D eigenvalue weighted by atomic mass is 10.1. The summed E-state index contributed by atoms with van der Waals surface area (Å²) in [6, 6.07) is 7.81. The van der Waals surface area contributed by atoms with E-state index in [1.54, 1.807) is 12.1 Å². The van der Waals surface area contributed by atoms with Gasteiger partial charge in [-0.3, -0.25) is 4.72 Å². The topological polar surface area (TPSA) is 103 Å². The van der Waals surface area contributed by atoms with E-state index in [-0.39, 0.29) is 9.90 Å². The predicted octanol–water partition coefficient (Wildman–Crippen LogP) is 5.56. The molecule has 1 aliphatic carbocycles. The van der Waals surface area contributed by atoms with Crippen LogP contribution in [-0.4, -0.2) is 23.0 Å². The number of rotatable bonds is 5. The lowest BCUT2D eigenvalue weighted by Gasteiger charge is -2.12. The zero-order valence-electron chi connectivity index (χ0n) is 16.8. The van der Waals surface area contributed by atoms with Gasteiger partial charge in [0.2, 0.25) is 0 Å². The van der Waals surface area contributed by atoms with Gasteiger partial charge in [0.15, 0.2) is 0 Å². The summed E-state index contributed by atoms with van der Waals surface area (Å²) in [5, 5.41) is 0.676. The van der Waals surface area contributed by atoms with Crippen LogP contribution in [0.4, 0.5) is 15.9 Å². The molecule has 3 aromatic heterocycles. The van der Waals surface area contributed by atoms with E-state index in [1.165, 1.54) is 24.5 Å². The van der Waals surface area contributed by atoms with Gasteiger partial charge in [0.05, 0.1) is 14.9 Å². The van der Waals surface area contributed by atoms with Gasteiger partial charge in [-0.05, 0) is 58.6 Å². The van der Waals surface area contributed by atoms with Crippen molar-refractivity contribution < 1.29 is 12.8 Å². The molecule has 0 amide bonds. The average molecular weight is 536 g/mol. The first-order chi connectivity index (χ1) is 15.3. The maximum Gasteiger partial charge on any atom is 0.271 e. The highest BCUT2D eigenvalue weighted by Gasteiger charge is 2.24. The molecule has 1 aliphatic rings. The number of nitrogens with one attached hydrogen (secondary N) is 1. The van der Waals surface area contributed by atoms with E-state index in [4.69, 9.17) is 5.73 Å². The largest absolute Gasteiger partial charge is 0.383 e. The first-order valence-corrected chi connectivity index (χ1v) is 13.1. The second kappa shape index (κ2) is 8.13. The number of hydrogen-bond acceptors (Lipinski definition) is 6. The lowest BCUT2D eigenvalue weighted by molar-refractivity contribution is 0.532. The number of benzene rings is 1. The third-order valence-corrected chi connectivity index (χ3v) is 9.18. The number of fused-ring (bicyclic) bond motifs is 1. The Morgan fingerprint density at radius 2 is 1.97 bits per heavy atom. The molecule has 0 radical (unpaired) electrons. The summed E-state index contributed by atoms with van der Waals surface area (Å²) in [6.07, 6.45) is 7.82. The molecule has 0 unspecified atom stereocenters. The van der Waals surface area contributed by atoms with E-state index in [9.17, 15) is 12.8 Å². The maximum absolute atomic E-state index is 15.0. The van der Waals surface area contributed by atoms with Gasteiger partial charge in [0.1, 0.15) is 27.8 Å². The monoisotopic (exact) mass is 535 g/mol. The molecule has 7 nitrogen and oxygen atoms in total. The number of nitrogens with two attached hydrogens (primary N) is 1. The van der Waals surface area contributed by atoms with E-state index in [0.717, 1.165) is 48.2 Å².